The maximum Gasteiger partial charge on any atom is 0.269 e. The van der Waals surface area contributed by atoms with Crippen LogP contribution in [0.5, 0.6) is 0 Å². The van der Waals surface area contributed by atoms with Crippen LogP contribution in [-0.4, -0.2) is 30.0 Å². The van der Waals surface area contributed by atoms with Crippen LogP contribution >= 0.6 is 0 Å². The molecule has 0 bridgehead atoms. The highest BCUT2D eigenvalue weighted by atomic mass is 16.1. The minimum Gasteiger partial charge on any atom is -0.367 e. The fourth-order valence-corrected chi connectivity index (χ4v) is 3.50. The zero-order valence-electron chi connectivity index (χ0n) is 14.1. The van der Waals surface area contributed by atoms with Crippen molar-refractivity contribution >= 4 is 22.5 Å². The summed E-state index contributed by atoms with van der Waals surface area (Å²) in [4.78, 5) is 19.4. The van der Waals surface area contributed by atoms with Gasteiger partial charge in [0, 0.05) is 30.2 Å². The Bertz CT molecular complexity index is 878. The normalized spacial score (nSPS) is 17.0. The van der Waals surface area contributed by atoms with Crippen molar-refractivity contribution < 1.29 is 4.79 Å². The van der Waals surface area contributed by atoms with Crippen molar-refractivity contribution in [3.8, 4) is 0 Å². The highest BCUT2D eigenvalue weighted by molar-refractivity contribution is 5.94. The number of rotatable bonds is 4. The van der Waals surface area contributed by atoms with Gasteiger partial charge in [-0.05, 0) is 37.1 Å². The number of fused-ring (bicyclic) bond motifs is 1. The number of para-hydroxylation sites is 2. The summed E-state index contributed by atoms with van der Waals surface area (Å²) in [6.07, 6.45) is 2.25. The lowest BCUT2D eigenvalue weighted by atomic mass is 10.2. The first-order chi connectivity index (χ1) is 12.3. The molecule has 0 aliphatic carbocycles. The van der Waals surface area contributed by atoms with Crippen LogP contribution in [0.2, 0.25) is 0 Å². The van der Waals surface area contributed by atoms with Gasteiger partial charge in [-0.3, -0.25) is 4.79 Å². The van der Waals surface area contributed by atoms with E-state index in [0.29, 0.717) is 18.3 Å². The van der Waals surface area contributed by atoms with E-state index in [1.165, 1.54) is 5.69 Å². The lowest BCUT2D eigenvalue weighted by Gasteiger charge is -2.27. The van der Waals surface area contributed by atoms with Crippen molar-refractivity contribution in [2.45, 2.75) is 18.9 Å². The van der Waals surface area contributed by atoms with Crippen molar-refractivity contribution in [1.29, 1.82) is 0 Å². The topological polar surface area (TPSA) is 45.2 Å². The molecule has 25 heavy (non-hydrogen) atoms. The average molecular weight is 331 g/mol. The Kier molecular flexibility index (Phi) is 4.34. The molecule has 1 saturated heterocycles. The zero-order chi connectivity index (χ0) is 17.1. The van der Waals surface area contributed by atoms with Crippen LogP contribution < -0.4 is 10.2 Å². The van der Waals surface area contributed by atoms with Gasteiger partial charge in [-0.2, -0.15) is 0 Å². The fraction of sp³-hybridized carbons (Fsp3) is 0.238. The Labute approximate surface area is 147 Å². The van der Waals surface area contributed by atoms with E-state index in [1.54, 1.807) is 6.07 Å². The third-order valence-corrected chi connectivity index (χ3v) is 4.79. The molecule has 4 heteroatoms. The fourth-order valence-electron chi connectivity index (χ4n) is 3.50. The van der Waals surface area contributed by atoms with Gasteiger partial charge in [0.1, 0.15) is 5.69 Å². The minimum atomic E-state index is -0.106. The molecule has 4 rings (SSSR count). The summed E-state index contributed by atoms with van der Waals surface area (Å²) >= 11 is 0. The van der Waals surface area contributed by atoms with Crippen LogP contribution in [0, 0.1) is 0 Å². The molecule has 0 radical (unpaired) electrons. The van der Waals surface area contributed by atoms with Gasteiger partial charge < -0.3 is 10.2 Å². The van der Waals surface area contributed by atoms with Crippen LogP contribution in [0.4, 0.5) is 5.69 Å². The first kappa shape index (κ1) is 15.6. The Morgan fingerprint density at radius 3 is 2.72 bits per heavy atom. The number of anilines is 1. The van der Waals surface area contributed by atoms with Crippen molar-refractivity contribution in [3.63, 3.8) is 0 Å². The monoisotopic (exact) mass is 331 g/mol. The molecule has 2 aromatic carbocycles. The number of pyridine rings is 1. The number of amides is 1. The largest absolute Gasteiger partial charge is 0.367 e. The smallest absolute Gasteiger partial charge is 0.269 e. The van der Waals surface area contributed by atoms with Crippen LogP contribution in [-0.2, 0) is 0 Å². The van der Waals surface area contributed by atoms with Crippen molar-refractivity contribution in [3.05, 3.63) is 72.4 Å². The molecule has 1 aliphatic rings. The molecule has 1 unspecified atom stereocenters. The van der Waals surface area contributed by atoms with E-state index >= 15 is 0 Å². The first-order valence-corrected chi connectivity index (χ1v) is 8.77. The lowest BCUT2D eigenvalue weighted by Crippen LogP contribution is -2.40. The van der Waals surface area contributed by atoms with Crippen LogP contribution in [0.1, 0.15) is 23.3 Å². The molecule has 2 heterocycles. The Hall–Kier alpha value is -2.88. The van der Waals surface area contributed by atoms with Gasteiger partial charge in [-0.15, -0.1) is 0 Å². The quantitative estimate of drug-likeness (QED) is 0.794. The standard InChI is InChI=1S/C21H21N3O/c25-21(20-13-12-16-7-4-5-11-19(16)23-20)22-15-18-10-6-14-24(18)17-8-2-1-3-9-17/h1-5,7-9,11-13,18H,6,10,14-15H2,(H,22,25). The summed E-state index contributed by atoms with van der Waals surface area (Å²) in [5.74, 6) is -0.106. The molecular formula is C21H21N3O. The Morgan fingerprint density at radius 1 is 1.04 bits per heavy atom. The summed E-state index contributed by atoms with van der Waals surface area (Å²) in [6, 6.07) is 22.3. The molecule has 126 valence electrons. The molecule has 0 spiro atoms. The summed E-state index contributed by atoms with van der Waals surface area (Å²) in [6.45, 7) is 1.68. The Balaban J connectivity index is 1.44. The number of nitrogens with one attached hydrogen (secondary N) is 1. The second-order valence-corrected chi connectivity index (χ2v) is 6.42. The molecule has 1 atom stereocenters. The molecule has 3 aromatic rings. The number of nitrogens with zero attached hydrogens (tertiary/aromatic N) is 2. The van der Waals surface area contributed by atoms with Crippen molar-refractivity contribution in [2.75, 3.05) is 18.0 Å². The third-order valence-electron chi connectivity index (χ3n) is 4.79. The van der Waals surface area contributed by atoms with Gasteiger partial charge >= 0.3 is 0 Å². The number of aromatic nitrogens is 1. The van der Waals surface area contributed by atoms with E-state index in [9.17, 15) is 4.79 Å². The predicted octanol–water partition coefficient (Wildman–Crippen LogP) is 3.63. The number of carbonyl (C=O) groups is 1. The minimum absolute atomic E-state index is 0.106. The molecule has 0 saturated carbocycles. The predicted molar refractivity (Wildman–Crippen MR) is 101 cm³/mol. The molecule has 1 aliphatic heterocycles. The van der Waals surface area contributed by atoms with E-state index in [1.807, 2.05) is 36.4 Å². The maximum atomic E-state index is 12.5. The van der Waals surface area contributed by atoms with Gasteiger partial charge in [0.05, 0.1) is 5.52 Å². The number of carbonyl (C=O) groups excluding carboxylic acids is 1. The van der Waals surface area contributed by atoms with Crippen LogP contribution in [0.25, 0.3) is 10.9 Å². The Morgan fingerprint density at radius 2 is 1.84 bits per heavy atom. The zero-order valence-corrected chi connectivity index (χ0v) is 14.1. The van der Waals surface area contributed by atoms with Crippen molar-refractivity contribution in [1.82, 2.24) is 10.3 Å². The second kappa shape index (κ2) is 6.93. The summed E-state index contributed by atoms with van der Waals surface area (Å²) < 4.78 is 0. The lowest BCUT2D eigenvalue weighted by molar-refractivity contribution is 0.0946. The SMILES string of the molecule is O=C(NCC1CCCN1c1ccccc1)c1ccc2ccccc2n1. The first-order valence-electron chi connectivity index (χ1n) is 8.77. The van der Waals surface area contributed by atoms with E-state index in [2.05, 4.69) is 39.5 Å². The van der Waals surface area contributed by atoms with Crippen LogP contribution in [0.3, 0.4) is 0 Å². The molecule has 4 nitrogen and oxygen atoms in total. The van der Waals surface area contributed by atoms with E-state index in [0.717, 1.165) is 30.3 Å². The third kappa shape index (κ3) is 3.33. The van der Waals surface area contributed by atoms with E-state index in [-0.39, 0.29) is 5.91 Å². The summed E-state index contributed by atoms with van der Waals surface area (Å²) in [5.41, 5.74) is 2.55. The molecule has 1 aromatic heterocycles. The highest BCUT2D eigenvalue weighted by Crippen LogP contribution is 2.24. The maximum absolute atomic E-state index is 12.5. The number of hydrogen-bond donors (Lipinski definition) is 1. The van der Waals surface area contributed by atoms with Gasteiger partial charge in [0.25, 0.3) is 5.91 Å². The summed E-state index contributed by atoms with van der Waals surface area (Å²) in [7, 11) is 0. The molecule has 1 fully saturated rings. The van der Waals surface area contributed by atoms with Gasteiger partial charge in [-0.1, -0.05) is 42.5 Å². The van der Waals surface area contributed by atoms with E-state index in [4.69, 9.17) is 0 Å². The van der Waals surface area contributed by atoms with Crippen LogP contribution in [0.15, 0.2) is 66.7 Å². The average Bonchev–Trinajstić information content (AvgIpc) is 3.15. The molecule has 1 N–H and O–H groups in total. The summed E-state index contributed by atoms with van der Waals surface area (Å²) in [5, 5.41) is 4.11. The second-order valence-electron chi connectivity index (χ2n) is 6.42. The molecule has 1 amide bonds. The van der Waals surface area contributed by atoms with Gasteiger partial charge in [0.2, 0.25) is 0 Å². The van der Waals surface area contributed by atoms with Gasteiger partial charge in [-0.25, -0.2) is 4.98 Å². The molecular weight excluding hydrogens is 310 g/mol. The van der Waals surface area contributed by atoms with Gasteiger partial charge in [0.15, 0.2) is 0 Å². The highest BCUT2D eigenvalue weighted by Gasteiger charge is 2.25. The number of hydrogen-bond acceptors (Lipinski definition) is 3. The van der Waals surface area contributed by atoms with E-state index < -0.39 is 0 Å². The number of benzene rings is 2. The van der Waals surface area contributed by atoms with Crippen molar-refractivity contribution in [2.24, 2.45) is 0 Å².